The normalized spacial score (nSPS) is 27.5. The molecule has 4 fully saturated rings. The van der Waals surface area contributed by atoms with Crippen LogP contribution in [0.5, 0.6) is 0 Å². The lowest BCUT2D eigenvalue weighted by Crippen LogP contribution is -2.61. The van der Waals surface area contributed by atoms with Crippen molar-refractivity contribution < 1.29 is 0 Å². The molecule has 3 unspecified atom stereocenters. The molecule has 59 heavy (non-hydrogen) atoms. The third-order valence-electron chi connectivity index (χ3n) is 17.4. The predicted molar refractivity (Wildman–Crippen MR) is 244 cm³/mol. The van der Waals surface area contributed by atoms with Crippen molar-refractivity contribution in [3.63, 3.8) is 0 Å². The van der Waals surface area contributed by atoms with E-state index in [-0.39, 0.29) is 17.5 Å². The first kappa shape index (κ1) is 32.1. The Labute approximate surface area is 347 Å². The molecule has 4 saturated carbocycles. The van der Waals surface area contributed by atoms with Crippen LogP contribution in [0.2, 0.25) is 0 Å². The number of para-hydroxylation sites is 2. The van der Waals surface area contributed by atoms with E-state index in [1.54, 1.807) is 22.3 Å². The van der Waals surface area contributed by atoms with Crippen LogP contribution in [-0.2, 0) is 10.8 Å². The molecular weight excluding hydrogens is 711 g/mol. The van der Waals surface area contributed by atoms with Gasteiger partial charge in [-0.3, -0.25) is 0 Å². The first-order chi connectivity index (χ1) is 29.2. The molecule has 15 rings (SSSR count). The quantitative estimate of drug-likeness (QED) is 0.162. The Morgan fingerprint density at radius 1 is 0.441 bits per heavy atom. The topological polar surface area (TPSA) is 6.48 Å². The van der Waals surface area contributed by atoms with Gasteiger partial charge in [0, 0.05) is 50.5 Å². The van der Waals surface area contributed by atoms with Gasteiger partial charge in [0.1, 0.15) is 0 Å². The van der Waals surface area contributed by atoms with Gasteiger partial charge >= 0.3 is 0 Å². The van der Waals surface area contributed by atoms with E-state index in [0.29, 0.717) is 0 Å². The van der Waals surface area contributed by atoms with Crippen LogP contribution in [0.4, 0.5) is 34.1 Å². The maximum Gasteiger partial charge on any atom is 0.252 e. The number of benzene rings is 7. The first-order valence-electron chi connectivity index (χ1n) is 22.6. The third-order valence-corrected chi connectivity index (χ3v) is 17.4. The molecule has 7 aromatic carbocycles. The SMILES string of the molecule is c1ccc(N2c3cc4c(cc3B3c5ccc6c(c5N(c5ccccc5)c5cccc2c53)-c2ccccc2[C@]62CC3CCC2C3)-c2ccccc2[C@]42C[C@H]3CCC2C3)cc1. The van der Waals surface area contributed by atoms with Crippen LogP contribution < -0.4 is 26.2 Å². The van der Waals surface area contributed by atoms with Gasteiger partial charge in [0.25, 0.3) is 6.71 Å². The molecule has 0 aromatic heterocycles. The van der Waals surface area contributed by atoms with Gasteiger partial charge in [0.15, 0.2) is 0 Å². The highest BCUT2D eigenvalue weighted by atomic mass is 15.2. The second-order valence-electron chi connectivity index (χ2n) is 19.6. The number of hydrogen-bond acceptors (Lipinski definition) is 2. The van der Waals surface area contributed by atoms with Gasteiger partial charge in [-0.2, -0.15) is 0 Å². The molecule has 2 heterocycles. The highest BCUT2D eigenvalue weighted by molar-refractivity contribution is 7.00. The number of anilines is 6. The standard InChI is InChI=1S/C56H45BN2/c1-3-12-38(13-4-1)58-49-20-11-21-50-53(49)57(48-30-42-40-16-7-9-18-43(40)56(46(42)31-51(48)58)33-35-23-25-37(56)29-35)47-27-26-45-52(54(47)59(50)39-14-5-2-6-15-39)41-17-8-10-19-44(41)55(45)32-34-22-24-36(55)28-34/h1-21,26-27,30-31,34-37H,22-25,28-29,32-33H2/t34?,35-,36?,37?,55+,56+/m0/s1. The lowest BCUT2D eigenvalue weighted by Gasteiger charge is -2.45. The van der Waals surface area contributed by atoms with Crippen molar-refractivity contribution in [2.45, 2.75) is 62.2 Å². The van der Waals surface area contributed by atoms with Crippen LogP contribution in [0.25, 0.3) is 22.3 Å². The molecule has 6 aliphatic carbocycles. The second kappa shape index (κ2) is 11.1. The zero-order valence-electron chi connectivity index (χ0n) is 33.4. The molecule has 2 aliphatic heterocycles. The van der Waals surface area contributed by atoms with Crippen LogP contribution in [-0.4, -0.2) is 6.71 Å². The van der Waals surface area contributed by atoms with E-state index in [0.717, 1.165) is 23.7 Å². The van der Waals surface area contributed by atoms with E-state index in [1.165, 1.54) is 124 Å². The monoisotopic (exact) mass is 756 g/mol. The third kappa shape index (κ3) is 3.75. The fourth-order valence-electron chi connectivity index (χ4n) is 15.5. The molecule has 6 atom stereocenters. The van der Waals surface area contributed by atoms with E-state index in [1.807, 2.05) is 0 Å². The summed E-state index contributed by atoms with van der Waals surface area (Å²) in [5, 5.41) is 0. The van der Waals surface area contributed by atoms with Gasteiger partial charge in [0.2, 0.25) is 0 Å². The van der Waals surface area contributed by atoms with E-state index in [4.69, 9.17) is 0 Å². The zero-order valence-corrected chi connectivity index (χ0v) is 33.4. The van der Waals surface area contributed by atoms with Crippen LogP contribution in [0, 0.1) is 23.7 Å². The first-order valence-corrected chi connectivity index (χ1v) is 22.6. The summed E-state index contributed by atoms with van der Waals surface area (Å²) in [4.78, 5) is 5.31. The van der Waals surface area contributed by atoms with Gasteiger partial charge in [-0.25, -0.2) is 0 Å². The van der Waals surface area contributed by atoms with Crippen molar-refractivity contribution in [1.29, 1.82) is 0 Å². The molecule has 282 valence electrons. The molecule has 0 saturated heterocycles. The van der Waals surface area contributed by atoms with E-state index < -0.39 is 0 Å². The van der Waals surface area contributed by atoms with E-state index in [9.17, 15) is 0 Å². The summed E-state index contributed by atoms with van der Waals surface area (Å²) in [7, 11) is 0. The van der Waals surface area contributed by atoms with Gasteiger partial charge in [-0.15, -0.1) is 0 Å². The average molecular weight is 757 g/mol. The Kier molecular flexibility index (Phi) is 6.02. The molecule has 0 N–H and O–H groups in total. The molecular formula is C56H45BN2. The highest BCUT2D eigenvalue weighted by Gasteiger charge is 2.60. The second-order valence-corrected chi connectivity index (χ2v) is 19.6. The Balaban J connectivity index is 1.06. The maximum atomic E-state index is 2.71. The molecule has 0 amide bonds. The van der Waals surface area contributed by atoms with E-state index >= 15 is 0 Å². The summed E-state index contributed by atoms with van der Waals surface area (Å²) < 4.78 is 0. The van der Waals surface area contributed by atoms with Gasteiger partial charge in [-0.05, 0) is 160 Å². The van der Waals surface area contributed by atoms with Crippen molar-refractivity contribution >= 4 is 57.2 Å². The molecule has 4 bridgehead atoms. The van der Waals surface area contributed by atoms with Crippen molar-refractivity contribution in [2.24, 2.45) is 23.7 Å². The van der Waals surface area contributed by atoms with Crippen LogP contribution in [0.1, 0.15) is 73.6 Å². The van der Waals surface area contributed by atoms with Crippen LogP contribution >= 0.6 is 0 Å². The Bertz CT molecular complexity index is 2940. The summed E-state index contributed by atoms with van der Waals surface area (Å²) in [5.41, 5.74) is 24.7. The summed E-state index contributed by atoms with van der Waals surface area (Å²) >= 11 is 0. The number of hydrogen-bond donors (Lipinski definition) is 0. The maximum absolute atomic E-state index is 2.71. The van der Waals surface area contributed by atoms with Crippen molar-refractivity contribution in [3.8, 4) is 22.3 Å². The minimum atomic E-state index is 0.0919. The zero-order chi connectivity index (χ0) is 38.2. The molecule has 3 heteroatoms. The molecule has 8 aliphatic rings. The van der Waals surface area contributed by atoms with Gasteiger partial charge < -0.3 is 9.80 Å². The summed E-state index contributed by atoms with van der Waals surface area (Å²) in [6.45, 7) is 0.0919. The molecule has 2 spiro atoms. The summed E-state index contributed by atoms with van der Waals surface area (Å²) in [5.74, 6) is 3.11. The molecule has 7 aromatic rings. The number of rotatable bonds is 2. The Hall–Kier alpha value is -5.80. The molecule has 0 radical (unpaired) electrons. The number of fused-ring (bicyclic) bond motifs is 21. The smallest absolute Gasteiger partial charge is 0.252 e. The van der Waals surface area contributed by atoms with E-state index in [2.05, 4.69) is 161 Å². The molecule has 2 nitrogen and oxygen atoms in total. The number of nitrogens with zero attached hydrogens (tertiary/aromatic N) is 2. The van der Waals surface area contributed by atoms with Crippen molar-refractivity contribution in [3.05, 3.63) is 174 Å². The minimum absolute atomic E-state index is 0.0919. The lowest BCUT2D eigenvalue weighted by molar-refractivity contribution is 0.327. The fraction of sp³-hybridized carbons (Fsp3) is 0.250. The Morgan fingerprint density at radius 3 is 1.69 bits per heavy atom. The minimum Gasteiger partial charge on any atom is -0.311 e. The van der Waals surface area contributed by atoms with Gasteiger partial charge in [-0.1, -0.05) is 122 Å². The summed E-state index contributed by atoms with van der Waals surface area (Å²) in [6.07, 6.45) is 10.8. The lowest BCUT2D eigenvalue weighted by atomic mass is 9.33. The van der Waals surface area contributed by atoms with Crippen LogP contribution in [0.3, 0.4) is 0 Å². The van der Waals surface area contributed by atoms with Crippen LogP contribution in [0.15, 0.2) is 152 Å². The van der Waals surface area contributed by atoms with Crippen molar-refractivity contribution in [1.82, 2.24) is 0 Å². The highest BCUT2D eigenvalue weighted by Crippen LogP contribution is 2.68. The van der Waals surface area contributed by atoms with Gasteiger partial charge in [0.05, 0.1) is 0 Å². The largest absolute Gasteiger partial charge is 0.311 e. The fourth-order valence-corrected chi connectivity index (χ4v) is 15.5. The Morgan fingerprint density at radius 2 is 1.03 bits per heavy atom. The predicted octanol–water partition coefficient (Wildman–Crippen LogP) is 11.9. The average Bonchev–Trinajstić information content (AvgIpc) is 4.17. The summed E-state index contributed by atoms with van der Waals surface area (Å²) in [6, 6.07) is 59.5. The van der Waals surface area contributed by atoms with Crippen molar-refractivity contribution in [2.75, 3.05) is 9.80 Å².